The largest absolute Gasteiger partial charge is 0.396 e. The molecule has 1 rings (SSSR count). The summed E-state index contributed by atoms with van der Waals surface area (Å²) in [6, 6.07) is 5.59. The minimum Gasteiger partial charge on any atom is -0.396 e. The first-order valence-electron chi connectivity index (χ1n) is 6.32. The lowest BCUT2D eigenvalue weighted by molar-refractivity contribution is 0.241. The molecule has 0 saturated heterocycles. The van der Waals surface area contributed by atoms with Crippen molar-refractivity contribution in [2.24, 2.45) is 0 Å². The number of carbonyl (C=O) groups excluding carboxylic acids is 1. The van der Waals surface area contributed by atoms with Crippen molar-refractivity contribution >= 4 is 23.5 Å². The van der Waals surface area contributed by atoms with E-state index in [1.54, 1.807) is 11.8 Å². The SMILES string of the molecule is CSCC(CCO)NC(=O)Nc1cccc(C)c1C. The smallest absolute Gasteiger partial charge is 0.319 e. The van der Waals surface area contributed by atoms with E-state index in [1.165, 1.54) is 0 Å². The van der Waals surface area contributed by atoms with Gasteiger partial charge in [-0.2, -0.15) is 11.8 Å². The second-order valence-electron chi connectivity index (χ2n) is 4.51. The van der Waals surface area contributed by atoms with E-state index in [2.05, 4.69) is 10.6 Å². The summed E-state index contributed by atoms with van der Waals surface area (Å²) in [5.74, 6) is 0.792. The predicted octanol–water partition coefficient (Wildman–Crippen LogP) is 2.54. The molecule has 0 aliphatic carbocycles. The fourth-order valence-electron chi connectivity index (χ4n) is 1.78. The van der Waals surface area contributed by atoms with Crippen molar-refractivity contribution in [3.8, 4) is 0 Å². The molecule has 19 heavy (non-hydrogen) atoms. The van der Waals surface area contributed by atoms with Crippen LogP contribution in [0.2, 0.25) is 0 Å². The van der Waals surface area contributed by atoms with Crippen LogP contribution in [0.4, 0.5) is 10.5 Å². The maximum atomic E-state index is 11.9. The number of aliphatic hydroxyl groups excluding tert-OH is 1. The van der Waals surface area contributed by atoms with Crippen molar-refractivity contribution in [3.63, 3.8) is 0 Å². The van der Waals surface area contributed by atoms with E-state index in [-0.39, 0.29) is 18.7 Å². The summed E-state index contributed by atoms with van der Waals surface area (Å²) in [6.07, 6.45) is 2.55. The van der Waals surface area contributed by atoms with Crippen molar-refractivity contribution in [2.45, 2.75) is 26.3 Å². The zero-order valence-electron chi connectivity index (χ0n) is 11.7. The van der Waals surface area contributed by atoms with Crippen molar-refractivity contribution in [1.82, 2.24) is 5.32 Å². The van der Waals surface area contributed by atoms with Crippen molar-refractivity contribution < 1.29 is 9.90 Å². The van der Waals surface area contributed by atoms with Crippen LogP contribution in [0.5, 0.6) is 0 Å². The highest BCUT2D eigenvalue weighted by atomic mass is 32.2. The maximum absolute atomic E-state index is 11.9. The van der Waals surface area contributed by atoms with Crippen LogP contribution in [0, 0.1) is 13.8 Å². The van der Waals surface area contributed by atoms with Gasteiger partial charge in [0.1, 0.15) is 0 Å². The third kappa shape index (κ3) is 5.12. The van der Waals surface area contributed by atoms with Crippen molar-refractivity contribution in [3.05, 3.63) is 29.3 Å². The Kier molecular flexibility index (Phi) is 6.73. The van der Waals surface area contributed by atoms with Crippen LogP contribution in [-0.2, 0) is 0 Å². The number of rotatable bonds is 6. The zero-order valence-corrected chi connectivity index (χ0v) is 12.5. The summed E-state index contributed by atoms with van der Waals surface area (Å²) in [7, 11) is 0. The summed E-state index contributed by atoms with van der Waals surface area (Å²) in [4.78, 5) is 11.9. The zero-order chi connectivity index (χ0) is 14.3. The van der Waals surface area contributed by atoms with E-state index in [1.807, 2.05) is 38.3 Å². The molecule has 2 amide bonds. The Balaban J connectivity index is 2.61. The number of nitrogens with one attached hydrogen (secondary N) is 2. The van der Waals surface area contributed by atoms with E-state index in [4.69, 9.17) is 5.11 Å². The molecule has 4 nitrogen and oxygen atoms in total. The fourth-order valence-corrected chi connectivity index (χ4v) is 2.44. The number of aliphatic hydroxyl groups is 1. The van der Waals surface area contributed by atoms with Crippen LogP contribution >= 0.6 is 11.8 Å². The van der Waals surface area contributed by atoms with Crippen molar-refractivity contribution in [1.29, 1.82) is 0 Å². The molecule has 0 radical (unpaired) electrons. The van der Waals surface area contributed by atoms with Crippen LogP contribution < -0.4 is 10.6 Å². The number of thioether (sulfide) groups is 1. The van der Waals surface area contributed by atoms with Gasteiger partial charge in [-0.1, -0.05) is 12.1 Å². The molecule has 1 aromatic rings. The molecule has 1 aromatic carbocycles. The number of carbonyl (C=O) groups is 1. The minimum atomic E-state index is -0.221. The Hall–Kier alpha value is -1.20. The van der Waals surface area contributed by atoms with Gasteiger partial charge in [-0.05, 0) is 43.7 Å². The Labute approximate surface area is 119 Å². The minimum absolute atomic E-state index is 0.00915. The monoisotopic (exact) mass is 282 g/mol. The van der Waals surface area contributed by atoms with Crippen LogP contribution in [-0.4, -0.2) is 35.8 Å². The van der Waals surface area contributed by atoms with E-state index < -0.39 is 0 Å². The van der Waals surface area contributed by atoms with Crippen LogP contribution in [0.25, 0.3) is 0 Å². The number of aryl methyl sites for hydroxylation is 1. The molecule has 106 valence electrons. The average Bonchev–Trinajstić information content (AvgIpc) is 2.35. The summed E-state index contributed by atoms with van der Waals surface area (Å²) in [5, 5.41) is 14.7. The van der Waals surface area contributed by atoms with Gasteiger partial charge in [0.05, 0.1) is 0 Å². The lowest BCUT2D eigenvalue weighted by Gasteiger charge is -2.18. The van der Waals surface area contributed by atoms with Crippen LogP contribution in [0.1, 0.15) is 17.5 Å². The average molecular weight is 282 g/mol. The Bertz CT molecular complexity index is 418. The van der Waals surface area contributed by atoms with Gasteiger partial charge in [-0.3, -0.25) is 0 Å². The second-order valence-corrected chi connectivity index (χ2v) is 5.42. The van der Waals surface area contributed by atoms with Gasteiger partial charge < -0.3 is 15.7 Å². The van der Waals surface area contributed by atoms with E-state index in [0.29, 0.717) is 6.42 Å². The first-order valence-corrected chi connectivity index (χ1v) is 7.71. The standard InChI is InChI=1S/C14H22N2O2S/c1-10-5-4-6-13(11(10)2)16-14(18)15-12(7-8-17)9-19-3/h4-6,12,17H,7-9H2,1-3H3,(H2,15,16,18). The van der Waals surface area contributed by atoms with Crippen LogP contribution in [0.3, 0.4) is 0 Å². The molecule has 0 aliphatic heterocycles. The molecule has 0 bridgehead atoms. The van der Waals surface area contributed by atoms with E-state index in [9.17, 15) is 4.79 Å². The lowest BCUT2D eigenvalue weighted by Crippen LogP contribution is -2.40. The molecule has 1 unspecified atom stereocenters. The Morgan fingerprint density at radius 1 is 1.42 bits per heavy atom. The molecule has 0 fully saturated rings. The van der Waals surface area contributed by atoms with Gasteiger partial charge in [0, 0.05) is 24.1 Å². The first-order chi connectivity index (χ1) is 9.08. The maximum Gasteiger partial charge on any atom is 0.319 e. The Morgan fingerprint density at radius 2 is 2.16 bits per heavy atom. The fraction of sp³-hybridized carbons (Fsp3) is 0.500. The molecular formula is C14H22N2O2S. The number of benzene rings is 1. The third-order valence-electron chi connectivity index (χ3n) is 3.03. The molecule has 0 aliphatic rings. The van der Waals surface area contributed by atoms with Gasteiger partial charge in [-0.15, -0.1) is 0 Å². The number of hydrogen-bond donors (Lipinski definition) is 3. The van der Waals surface area contributed by atoms with Gasteiger partial charge in [0.15, 0.2) is 0 Å². The van der Waals surface area contributed by atoms with Gasteiger partial charge in [0.2, 0.25) is 0 Å². The van der Waals surface area contributed by atoms with Crippen molar-refractivity contribution in [2.75, 3.05) is 23.9 Å². The highest BCUT2D eigenvalue weighted by Gasteiger charge is 2.12. The summed E-state index contributed by atoms with van der Waals surface area (Å²) >= 11 is 1.65. The van der Waals surface area contributed by atoms with Gasteiger partial charge >= 0.3 is 6.03 Å². The predicted molar refractivity (Wildman–Crippen MR) is 81.9 cm³/mol. The molecule has 0 saturated carbocycles. The third-order valence-corrected chi connectivity index (χ3v) is 3.77. The summed E-state index contributed by atoms with van der Waals surface area (Å²) in [6.45, 7) is 4.08. The number of anilines is 1. The topological polar surface area (TPSA) is 61.4 Å². The molecule has 0 aromatic heterocycles. The molecular weight excluding hydrogens is 260 g/mol. The van der Waals surface area contributed by atoms with Gasteiger partial charge in [0.25, 0.3) is 0 Å². The summed E-state index contributed by atoms with van der Waals surface area (Å²) < 4.78 is 0. The lowest BCUT2D eigenvalue weighted by atomic mass is 10.1. The molecule has 3 N–H and O–H groups in total. The highest BCUT2D eigenvalue weighted by molar-refractivity contribution is 7.98. The molecule has 0 spiro atoms. The highest BCUT2D eigenvalue weighted by Crippen LogP contribution is 2.17. The first kappa shape index (κ1) is 15.9. The summed E-state index contributed by atoms with van der Waals surface area (Å²) in [5.41, 5.74) is 3.04. The normalized spacial score (nSPS) is 12.0. The van der Waals surface area contributed by atoms with Gasteiger partial charge in [-0.25, -0.2) is 4.79 Å². The second kappa shape index (κ2) is 8.07. The van der Waals surface area contributed by atoms with E-state index >= 15 is 0 Å². The molecule has 1 atom stereocenters. The number of amides is 2. The van der Waals surface area contributed by atoms with E-state index in [0.717, 1.165) is 22.6 Å². The number of urea groups is 1. The molecule has 0 heterocycles. The Morgan fingerprint density at radius 3 is 2.79 bits per heavy atom. The number of hydrogen-bond acceptors (Lipinski definition) is 3. The molecule has 5 heteroatoms. The quantitative estimate of drug-likeness (QED) is 0.751. The van der Waals surface area contributed by atoms with Crippen LogP contribution in [0.15, 0.2) is 18.2 Å².